The second-order valence-electron chi connectivity index (χ2n) is 5.23. The fourth-order valence-electron chi connectivity index (χ4n) is 3.47. The summed E-state index contributed by atoms with van der Waals surface area (Å²) in [6.07, 6.45) is 3.97. The number of fused-ring (bicyclic) bond motifs is 5. The number of hydrogen-bond acceptors (Lipinski definition) is 2. The van der Waals surface area contributed by atoms with Gasteiger partial charge >= 0.3 is 0 Å². The highest BCUT2D eigenvalue weighted by atomic mass is 16.5. The van der Waals surface area contributed by atoms with Crippen LogP contribution >= 0.6 is 0 Å². The van der Waals surface area contributed by atoms with Crippen LogP contribution in [0.4, 0.5) is 0 Å². The minimum Gasteiger partial charge on any atom is -0.374 e. The predicted molar refractivity (Wildman–Crippen MR) is 56.3 cm³/mol. The van der Waals surface area contributed by atoms with Crippen molar-refractivity contribution in [1.29, 1.82) is 0 Å². The van der Waals surface area contributed by atoms with Gasteiger partial charge in [-0.1, -0.05) is 6.92 Å². The molecule has 3 aliphatic heterocycles. The lowest BCUT2D eigenvalue weighted by Crippen LogP contribution is -2.37. The molecule has 2 bridgehead atoms. The van der Waals surface area contributed by atoms with Gasteiger partial charge < -0.3 is 9.64 Å². The number of hydrogen-bond donors (Lipinski definition) is 0. The maximum absolute atomic E-state index is 12.2. The second kappa shape index (κ2) is 3.21. The molecule has 3 aliphatic rings. The minimum atomic E-state index is 0.206. The third-order valence-corrected chi connectivity index (χ3v) is 4.52. The predicted octanol–water partition coefficient (Wildman–Crippen LogP) is 1.42. The summed E-state index contributed by atoms with van der Waals surface area (Å²) in [4.78, 5) is 14.3. The topological polar surface area (TPSA) is 29.5 Å². The van der Waals surface area contributed by atoms with Gasteiger partial charge in [-0.3, -0.25) is 4.79 Å². The Kier molecular flexibility index (Phi) is 2.06. The first-order valence-electron chi connectivity index (χ1n) is 6.18. The average molecular weight is 209 g/mol. The second-order valence-corrected chi connectivity index (χ2v) is 5.23. The number of carbonyl (C=O) groups excluding carboxylic acids is 1. The van der Waals surface area contributed by atoms with E-state index in [4.69, 9.17) is 4.74 Å². The fourth-order valence-corrected chi connectivity index (χ4v) is 3.47. The average Bonchev–Trinajstić information content (AvgIpc) is 2.89. The van der Waals surface area contributed by atoms with Gasteiger partial charge in [0.25, 0.3) is 0 Å². The van der Waals surface area contributed by atoms with E-state index < -0.39 is 0 Å². The summed E-state index contributed by atoms with van der Waals surface area (Å²) in [5.41, 5.74) is 0. The molecule has 15 heavy (non-hydrogen) atoms. The Balaban J connectivity index is 1.81. The maximum Gasteiger partial charge on any atom is 0.229 e. The molecule has 0 aromatic carbocycles. The number of rotatable bonds is 2. The van der Waals surface area contributed by atoms with Crippen LogP contribution in [-0.4, -0.2) is 35.6 Å². The van der Waals surface area contributed by atoms with Gasteiger partial charge in [-0.25, -0.2) is 0 Å². The number of amides is 1. The van der Waals surface area contributed by atoms with E-state index in [9.17, 15) is 4.79 Å². The first-order valence-corrected chi connectivity index (χ1v) is 6.18. The Morgan fingerprint density at radius 2 is 2.20 bits per heavy atom. The summed E-state index contributed by atoms with van der Waals surface area (Å²) >= 11 is 0. The van der Waals surface area contributed by atoms with E-state index in [2.05, 4.69) is 18.7 Å². The number of likely N-dealkylation sites (tertiary alicyclic amines) is 1. The van der Waals surface area contributed by atoms with Crippen molar-refractivity contribution in [2.24, 2.45) is 11.8 Å². The quantitative estimate of drug-likeness (QED) is 0.688. The van der Waals surface area contributed by atoms with Gasteiger partial charge in [0.2, 0.25) is 5.91 Å². The molecular weight excluding hydrogens is 190 g/mol. The molecule has 0 N–H and O–H groups in total. The zero-order valence-corrected chi connectivity index (χ0v) is 9.48. The molecule has 0 spiro atoms. The van der Waals surface area contributed by atoms with E-state index in [0.29, 0.717) is 24.0 Å². The van der Waals surface area contributed by atoms with Crippen LogP contribution in [0.15, 0.2) is 0 Å². The molecule has 3 fully saturated rings. The van der Waals surface area contributed by atoms with Crippen LogP contribution in [0.2, 0.25) is 0 Å². The van der Waals surface area contributed by atoms with Gasteiger partial charge in [0, 0.05) is 18.5 Å². The summed E-state index contributed by atoms with van der Waals surface area (Å²) in [6, 6.07) is 0.405. The lowest BCUT2D eigenvalue weighted by molar-refractivity contribution is -0.134. The Morgan fingerprint density at radius 3 is 2.87 bits per heavy atom. The SMILES string of the molecule is CCC(C)N1CC2C3CCC(O3)C2C1=O. The molecule has 5 atom stereocenters. The van der Waals surface area contributed by atoms with Crippen LogP contribution in [0, 0.1) is 11.8 Å². The summed E-state index contributed by atoms with van der Waals surface area (Å²) in [6.45, 7) is 5.25. The van der Waals surface area contributed by atoms with Crippen LogP contribution in [0.25, 0.3) is 0 Å². The Bertz CT molecular complexity index is 291. The normalized spacial score (nSPS) is 44.9. The summed E-state index contributed by atoms with van der Waals surface area (Å²) in [5.74, 6) is 1.07. The largest absolute Gasteiger partial charge is 0.374 e. The van der Waals surface area contributed by atoms with Crippen molar-refractivity contribution in [3.05, 3.63) is 0 Å². The molecule has 3 nitrogen and oxygen atoms in total. The molecule has 0 aromatic rings. The van der Waals surface area contributed by atoms with Crippen LogP contribution < -0.4 is 0 Å². The van der Waals surface area contributed by atoms with E-state index in [-0.39, 0.29) is 12.0 Å². The lowest BCUT2D eigenvalue weighted by Gasteiger charge is -2.25. The van der Waals surface area contributed by atoms with E-state index in [1.54, 1.807) is 0 Å². The van der Waals surface area contributed by atoms with Crippen molar-refractivity contribution in [2.75, 3.05) is 6.54 Å². The number of ether oxygens (including phenoxy) is 1. The van der Waals surface area contributed by atoms with Crippen LogP contribution in [-0.2, 0) is 9.53 Å². The molecule has 3 saturated heterocycles. The first-order chi connectivity index (χ1) is 7.22. The van der Waals surface area contributed by atoms with E-state index in [1.807, 2.05) is 0 Å². The molecule has 5 unspecified atom stereocenters. The standard InChI is InChI=1S/C12H19NO2/c1-3-7(2)13-6-8-9-4-5-10(15-9)11(8)12(13)14/h7-11H,3-6H2,1-2H3. The zero-order valence-electron chi connectivity index (χ0n) is 9.48. The highest BCUT2D eigenvalue weighted by molar-refractivity contribution is 5.83. The van der Waals surface area contributed by atoms with Gasteiger partial charge in [-0.2, -0.15) is 0 Å². The smallest absolute Gasteiger partial charge is 0.229 e. The van der Waals surface area contributed by atoms with Crippen molar-refractivity contribution < 1.29 is 9.53 Å². The minimum absolute atomic E-state index is 0.206. The van der Waals surface area contributed by atoms with Crippen molar-refractivity contribution in [3.8, 4) is 0 Å². The van der Waals surface area contributed by atoms with Gasteiger partial charge in [0.05, 0.1) is 18.1 Å². The third kappa shape index (κ3) is 1.19. The molecule has 0 radical (unpaired) electrons. The van der Waals surface area contributed by atoms with Crippen molar-refractivity contribution in [2.45, 2.75) is 51.4 Å². The van der Waals surface area contributed by atoms with Crippen LogP contribution in [0.3, 0.4) is 0 Å². The van der Waals surface area contributed by atoms with E-state index in [0.717, 1.165) is 19.4 Å². The van der Waals surface area contributed by atoms with Crippen molar-refractivity contribution >= 4 is 5.91 Å². The summed E-state index contributed by atoms with van der Waals surface area (Å²) in [5, 5.41) is 0. The van der Waals surface area contributed by atoms with Crippen LogP contribution in [0.5, 0.6) is 0 Å². The van der Waals surface area contributed by atoms with Crippen LogP contribution in [0.1, 0.15) is 33.1 Å². The molecule has 0 aromatic heterocycles. The highest BCUT2D eigenvalue weighted by Gasteiger charge is 2.57. The van der Waals surface area contributed by atoms with Crippen molar-refractivity contribution in [1.82, 2.24) is 4.90 Å². The van der Waals surface area contributed by atoms with Crippen molar-refractivity contribution in [3.63, 3.8) is 0 Å². The van der Waals surface area contributed by atoms with E-state index >= 15 is 0 Å². The molecule has 3 rings (SSSR count). The molecule has 84 valence electrons. The number of carbonyl (C=O) groups is 1. The fraction of sp³-hybridized carbons (Fsp3) is 0.917. The van der Waals surface area contributed by atoms with Gasteiger partial charge in [-0.15, -0.1) is 0 Å². The Morgan fingerprint density at radius 1 is 1.47 bits per heavy atom. The molecular formula is C12H19NO2. The van der Waals surface area contributed by atoms with Gasteiger partial charge in [0.15, 0.2) is 0 Å². The summed E-state index contributed by atoms with van der Waals surface area (Å²) in [7, 11) is 0. The molecule has 1 amide bonds. The molecule has 3 heteroatoms. The molecule has 3 heterocycles. The first kappa shape index (κ1) is 9.64. The Hall–Kier alpha value is -0.570. The van der Waals surface area contributed by atoms with Gasteiger partial charge in [-0.05, 0) is 26.2 Å². The molecule has 0 aliphatic carbocycles. The molecule has 0 saturated carbocycles. The van der Waals surface area contributed by atoms with Gasteiger partial charge in [0.1, 0.15) is 0 Å². The third-order valence-electron chi connectivity index (χ3n) is 4.52. The monoisotopic (exact) mass is 209 g/mol. The lowest BCUT2D eigenvalue weighted by atomic mass is 9.81. The zero-order chi connectivity index (χ0) is 10.6. The van der Waals surface area contributed by atoms with E-state index in [1.165, 1.54) is 6.42 Å². The number of nitrogens with zero attached hydrogens (tertiary/aromatic N) is 1. The Labute approximate surface area is 90.8 Å². The maximum atomic E-state index is 12.2. The highest BCUT2D eigenvalue weighted by Crippen LogP contribution is 2.48. The summed E-state index contributed by atoms with van der Waals surface area (Å²) < 4.78 is 5.82.